The van der Waals surface area contributed by atoms with Crippen LogP contribution in [0, 0.1) is 5.82 Å². The van der Waals surface area contributed by atoms with Gasteiger partial charge < -0.3 is 14.5 Å². The lowest BCUT2D eigenvalue weighted by Crippen LogP contribution is -2.49. The maximum Gasteiger partial charge on any atom is 0.272 e. The highest BCUT2D eigenvalue weighted by atomic mass is 19.1. The first-order valence-electron chi connectivity index (χ1n) is 12.1. The van der Waals surface area contributed by atoms with Crippen LogP contribution in [-0.4, -0.2) is 58.7 Å². The summed E-state index contributed by atoms with van der Waals surface area (Å²) in [7, 11) is 1.62. The van der Waals surface area contributed by atoms with Gasteiger partial charge in [0.15, 0.2) is 5.65 Å². The Labute approximate surface area is 210 Å². The molecule has 1 aliphatic heterocycles. The minimum atomic E-state index is -0.248. The van der Waals surface area contributed by atoms with E-state index in [-0.39, 0.29) is 17.1 Å². The molecule has 36 heavy (non-hydrogen) atoms. The van der Waals surface area contributed by atoms with Crippen LogP contribution >= 0.6 is 0 Å². The fraction of sp³-hybridized carbons (Fsp3) is 0.321. The smallest absolute Gasteiger partial charge is 0.272 e. The van der Waals surface area contributed by atoms with Crippen molar-refractivity contribution in [2.75, 3.05) is 38.2 Å². The Morgan fingerprint density at radius 1 is 0.972 bits per heavy atom. The zero-order chi connectivity index (χ0) is 25.4. The van der Waals surface area contributed by atoms with Crippen molar-refractivity contribution in [3.8, 4) is 17.0 Å². The predicted octanol–water partition coefficient (Wildman–Crippen LogP) is 4.80. The SMILES string of the molecule is COc1cccc(-c2cc(C(=O)N3CCN(c4ccccc4F)CC3)n3nc(C(C)(C)C)cc3n2)c1. The van der Waals surface area contributed by atoms with E-state index >= 15 is 0 Å². The van der Waals surface area contributed by atoms with Gasteiger partial charge in [0.25, 0.3) is 5.91 Å². The minimum Gasteiger partial charge on any atom is -0.497 e. The number of hydrogen-bond acceptors (Lipinski definition) is 5. The van der Waals surface area contributed by atoms with Crippen LogP contribution in [0.1, 0.15) is 37.0 Å². The molecule has 1 amide bonds. The topological polar surface area (TPSA) is 63.0 Å². The van der Waals surface area contributed by atoms with Gasteiger partial charge in [-0.15, -0.1) is 0 Å². The number of hydrogen-bond donors (Lipinski definition) is 0. The standard InChI is InChI=1S/C28H30FN5O2/c1-28(2,3)25-18-26-30-22(19-8-7-9-20(16-19)36-4)17-24(34(26)31-25)27(35)33-14-12-32(13-15-33)23-11-6-5-10-21(23)29/h5-11,16-18H,12-15H2,1-4H3. The second-order valence-electron chi connectivity index (χ2n) is 10.0. The summed E-state index contributed by atoms with van der Waals surface area (Å²) in [4.78, 5) is 22.4. The van der Waals surface area contributed by atoms with Crippen molar-refractivity contribution in [3.63, 3.8) is 0 Å². The Balaban J connectivity index is 1.50. The number of rotatable bonds is 4. The number of anilines is 1. The molecule has 2 aromatic carbocycles. The molecule has 7 nitrogen and oxygen atoms in total. The largest absolute Gasteiger partial charge is 0.497 e. The minimum absolute atomic E-state index is 0.122. The molecular weight excluding hydrogens is 457 g/mol. The number of methoxy groups -OCH3 is 1. The van der Waals surface area contributed by atoms with Crippen molar-refractivity contribution in [1.82, 2.24) is 19.5 Å². The van der Waals surface area contributed by atoms with Gasteiger partial charge in [0.05, 0.1) is 24.2 Å². The summed E-state index contributed by atoms with van der Waals surface area (Å²) in [6.07, 6.45) is 0. The highest BCUT2D eigenvalue weighted by molar-refractivity contribution is 5.94. The van der Waals surface area contributed by atoms with Gasteiger partial charge in [0.1, 0.15) is 17.3 Å². The van der Waals surface area contributed by atoms with Crippen LogP contribution in [0.3, 0.4) is 0 Å². The number of halogens is 1. The lowest BCUT2D eigenvalue weighted by Gasteiger charge is -2.36. The molecule has 4 aromatic rings. The summed E-state index contributed by atoms with van der Waals surface area (Å²) >= 11 is 0. The molecule has 0 bridgehead atoms. The highest BCUT2D eigenvalue weighted by Crippen LogP contribution is 2.28. The van der Waals surface area contributed by atoms with E-state index in [1.54, 1.807) is 34.7 Å². The molecule has 0 aliphatic carbocycles. The van der Waals surface area contributed by atoms with E-state index < -0.39 is 0 Å². The Bertz CT molecular complexity index is 1420. The molecule has 0 saturated carbocycles. The van der Waals surface area contributed by atoms with E-state index in [0.29, 0.717) is 48.9 Å². The quantitative estimate of drug-likeness (QED) is 0.414. The number of benzene rings is 2. The van der Waals surface area contributed by atoms with Crippen molar-refractivity contribution < 1.29 is 13.9 Å². The highest BCUT2D eigenvalue weighted by Gasteiger charge is 2.27. The van der Waals surface area contributed by atoms with E-state index in [4.69, 9.17) is 14.8 Å². The van der Waals surface area contributed by atoms with Gasteiger partial charge in [-0.2, -0.15) is 5.10 Å². The molecule has 186 valence electrons. The monoisotopic (exact) mass is 487 g/mol. The summed E-state index contributed by atoms with van der Waals surface area (Å²) in [5.74, 6) is 0.348. The lowest BCUT2D eigenvalue weighted by molar-refractivity contribution is 0.0737. The van der Waals surface area contributed by atoms with Crippen molar-refractivity contribution in [2.45, 2.75) is 26.2 Å². The maximum atomic E-state index is 14.3. The normalized spacial score (nSPS) is 14.4. The van der Waals surface area contributed by atoms with Gasteiger partial charge in [-0.05, 0) is 30.3 Å². The first-order chi connectivity index (χ1) is 17.2. The second-order valence-corrected chi connectivity index (χ2v) is 10.0. The third-order valence-corrected chi connectivity index (χ3v) is 6.54. The number of carbonyl (C=O) groups excluding carboxylic acids is 1. The van der Waals surface area contributed by atoms with Crippen LogP contribution in [0.4, 0.5) is 10.1 Å². The fourth-order valence-corrected chi connectivity index (χ4v) is 4.44. The summed E-state index contributed by atoms with van der Waals surface area (Å²) in [5, 5.41) is 4.76. The number of aromatic nitrogens is 3. The Kier molecular flexibility index (Phi) is 6.12. The molecule has 0 unspecified atom stereocenters. The molecule has 8 heteroatoms. The van der Waals surface area contributed by atoms with E-state index in [0.717, 1.165) is 17.0 Å². The molecule has 0 atom stereocenters. The van der Waals surface area contributed by atoms with Gasteiger partial charge in [0, 0.05) is 43.2 Å². The van der Waals surface area contributed by atoms with Crippen LogP contribution < -0.4 is 9.64 Å². The zero-order valence-corrected chi connectivity index (χ0v) is 21.0. The molecule has 5 rings (SSSR count). The van der Waals surface area contributed by atoms with Crippen LogP contribution in [-0.2, 0) is 5.41 Å². The Morgan fingerprint density at radius 2 is 1.72 bits per heavy atom. The molecule has 1 aliphatic rings. The van der Waals surface area contributed by atoms with E-state index in [9.17, 15) is 9.18 Å². The second kappa shape index (κ2) is 9.26. The molecule has 0 radical (unpaired) electrons. The number of para-hydroxylation sites is 1. The molecule has 2 aromatic heterocycles. The van der Waals surface area contributed by atoms with Crippen LogP contribution in [0.25, 0.3) is 16.9 Å². The van der Waals surface area contributed by atoms with Gasteiger partial charge in [-0.25, -0.2) is 13.9 Å². The van der Waals surface area contributed by atoms with E-state index in [1.807, 2.05) is 41.3 Å². The molecule has 1 saturated heterocycles. The third-order valence-electron chi connectivity index (χ3n) is 6.54. The molecular formula is C28H30FN5O2. The van der Waals surface area contributed by atoms with Gasteiger partial charge in [0.2, 0.25) is 0 Å². The van der Waals surface area contributed by atoms with E-state index in [1.165, 1.54) is 6.07 Å². The van der Waals surface area contributed by atoms with Crippen LogP contribution in [0.2, 0.25) is 0 Å². The van der Waals surface area contributed by atoms with Crippen LogP contribution in [0.5, 0.6) is 5.75 Å². The molecule has 3 heterocycles. The van der Waals surface area contributed by atoms with Crippen molar-refractivity contribution in [2.24, 2.45) is 0 Å². The maximum absolute atomic E-state index is 14.3. The van der Waals surface area contributed by atoms with Crippen molar-refractivity contribution in [1.29, 1.82) is 0 Å². The summed E-state index contributed by atoms with van der Waals surface area (Å²) in [5.41, 5.74) is 3.83. The average Bonchev–Trinajstić information content (AvgIpc) is 3.33. The predicted molar refractivity (Wildman–Crippen MR) is 138 cm³/mol. The number of fused-ring (bicyclic) bond motifs is 1. The average molecular weight is 488 g/mol. The summed E-state index contributed by atoms with van der Waals surface area (Å²) in [6.45, 7) is 8.33. The van der Waals surface area contributed by atoms with Crippen molar-refractivity contribution in [3.05, 3.63) is 77.9 Å². The number of amides is 1. The zero-order valence-electron chi connectivity index (χ0n) is 21.0. The van der Waals surface area contributed by atoms with Crippen molar-refractivity contribution >= 4 is 17.2 Å². The van der Waals surface area contributed by atoms with Gasteiger partial charge in [-0.1, -0.05) is 45.0 Å². The number of ether oxygens (including phenoxy) is 1. The Morgan fingerprint density at radius 3 is 2.42 bits per heavy atom. The molecule has 0 N–H and O–H groups in total. The first kappa shape index (κ1) is 23.8. The van der Waals surface area contributed by atoms with E-state index in [2.05, 4.69) is 20.8 Å². The lowest BCUT2D eigenvalue weighted by atomic mass is 9.93. The summed E-state index contributed by atoms with van der Waals surface area (Å²) in [6, 6.07) is 18.1. The number of nitrogens with zero attached hydrogens (tertiary/aromatic N) is 5. The third kappa shape index (κ3) is 4.51. The fourth-order valence-electron chi connectivity index (χ4n) is 4.44. The molecule has 1 fully saturated rings. The number of piperazine rings is 1. The first-order valence-corrected chi connectivity index (χ1v) is 12.1. The summed E-state index contributed by atoms with van der Waals surface area (Å²) < 4.78 is 21.3. The van der Waals surface area contributed by atoms with Gasteiger partial charge in [-0.3, -0.25) is 4.79 Å². The molecule has 0 spiro atoms. The number of carbonyl (C=O) groups is 1. The van der Waals surface area contributed by atoms with Crippen LogP contribution in [0.15, 0.2) is 60.7 Å². The Hall–Kier alpha value is -3.94. The van der Waals surface area contributed by atoms with Gasteiger partial charge >= 0.3 is 0 Å².